The highest BCUT2D eigenvalue weighted by Gasteiger charge is 2.26. The first-order valence-electron chi connectivity index (χ1n) is 8.10. The number of amides is 1. The Labute approximate surface area is 169 Å². The fraction of sp³-hybridized carbons (Fsp3) is 0.588. The van der Waals surface area contributed by atoms with Crippen molar-refractivity contribution in [2.75, 3.05) is 40.3 Å². The van der Waals surface area contributed by atoms with Crippen molar-refractivity contribution in [2.45, 2.75) is 25.0 Å². The van der Waals surface area contributed by atoms with Crippen LogP contribution in [0.25, 0.3) is 0 Å². The van der Waals surface area contributed by atoms with Crippen LogP contribution in [0.1, 0.15) is 11.1 Å². The molecule has 1 saturated heterocycles. The zero-order valence-corrected chi connectivity index (χ0v) is 17.2. The minimum atomic E-state index is -0.110. The maximum Gasteiger partial charge on any atom is 0.237 e. The minimum absolute atomic E-state index is 0. The fourth-order valence-corrected chi connectivity index (χ4v) is 3.30. The van der Waals surface area contributed by atoms with Gasteiger partial charge in [0.1, 0.15) is 0 Å². The van der Waals surface area contributed by atoms with Crippen molar-refractivity contribution in [1.82, 2.24) is 20.4 Å². The van der Waals surface area contributed by atoms with E-state index in [0.717, 1.165) is 39.1 Å². The van der Waals surface area contributed by atoms with Crippen LogP contribution >= 0.6 is 37.2 Å². The number of fused-ring (bicyclic) bond motifs is 1. The van der Waals surface area contributed by atoms with Gasteiger partial charge in [0.05, 0.1) is 6.04 Å². The summed E-state index contributed by atoms with van der Waals surface area (Å²) in [5.74, 6) is 0.121. The molecule has 1 fully saturated rings. The summed E-state index contributed by atoms with van der Waals surface area (Å²) in [5.41, 5.74) is 2.59. The predicted octanol–water partition coefficient (Wildman–Crippen LogP) is 1.33. The Morgan fingerprint density at radius 1 is 1.16 bits per heavy atom. The molecule has 0 aromatic heterocycles. The van der Waals surface area contributed by atoms with Gasteiger partial charge in [-0.2, -0.15) is 0 Å². The van der Waals surface area contributed by atoms with Crippen LogP contribution in [0.5, 0.6) is 0 Å². The molecule has 0 bridgehead atoms. The molecule has 1 aromatic carbocycles. The Morgan fingerprint density at radius 2 is 1.84 bits per heavy atom. The average Bonchev–Trinajstić information content (AvgIpc) is 2.55. The van der Waals surface area contributed by atoms with Gasteiger partial charge in [0.2, 0.25) is 5.91 Å². The average molecular weight is 412 g/mol. The summed E-state index contributed by atoms with van der Waals surface area (Å²) >= 11 is 0. The Morgan fingerprint density at radius 3 is 2.56 bits per heavy atom. The fourth-order valence-electron chi connectivity index (χ4n) is 3.30. The molecule has 3 rings (SSSR count). The van der Waals surface area contributed by atoms with Gasteiger partial charge in [-0.3, -0.25) is 9.69 Å². The summed E-state index contributed by atoms with van der Waals surface area (Å²) < 4.78 is 0. The summed E-state index contributed by atoms with van der Waals surface area (Å²) in [6.45, 7) is 4.67. The van der Waals surface area contributed by atoms with E-state index in [4.69, 9.17) is 0 Å². The van der Waals surface area contributed by atoms with Crippen molar-refractivity contribution in [2.24, 2.45) is 0 Å². The summed E-state index contributed by atoms with van der Waals surface area (Å²) in [6, 6.07) is 8.64. The first kappa shape index (κ1) is 24.4. The van der Waals surface area contributed by atoms with Gasteiger partial charge in [-0.05, 0) is 31.6 Å². The van der Waals surface area contributed by atoms with Gasteiger partial charge in [0.25, 0.3) is 0 Å². The van der Waals surface area contributed by atoms with E-state index in [1.165, 1.54) is 11.1 Å². The van der Waals surface area contributed by atoms with Gasteiger partial charge in [-0.15, -0.1) is 37.2 Å². The van der Waals surface area contributed by atoms with Gasteiger partial charge in [-0.25, -0.2) is 0 Å². The molecule has 0 radical (unpaired) electrons. The van der Waals surface area contributed by atoms with Gasteiger partial charge < -0.3 is 15.5 Å². The summed E-state index contributed by atoms with van der Waals surface area (Å²) in [4.78, 5) is 17.1. The van der Waals surface area contributed by atoms with Crippen molar-refractivity contribution >= 4 is 43.1 Å². The number of nitrogens with zero attached hydrogens (tertiary/aromatic N) is 2. The molecule has 2 unspecified atom stereocenters. The highest BCUT2D eigenvalue weighted by Crippen LogP contribution is 2.16. The quantitative estimate of drug-likeness (QED) is 0.788. The van der Waals surface area contributed by atoms with Crippen molar-refractivity contribution in [3.8, 4) is 0 Å². The lowest BCUT2D eigenvalue weighted by molar-refractivity contribution is -0.123. The molecule has 2 N–H and O–H groups in total. The van der Waals surface area contributed by atoms with E-state index in [2.05, 4.69) is 52.7 Å². The lowest BCUT2D eigenvalue weighted by atomic mass is 9.95. The van der Waals surface area contributed by atoms with Crippen molar-refractivity contribution in [3.05, 3.63) is 35.4 Å². The molecule has 144 valence electrons. The van der Waals surface area contributed by atoms with Crippen LogP contribution in [0.2, 0.25) is 0 Å². The lowest BCUT2D eigenvalue weighted by Gasteiger charge is -2.38. The van der Waals surface area contributed by atoms with E-state index in [-0.39, 0.29) is 49.2 Å². The Balaban J connectivity index is 0.00000192. The maximum absolute atomic E-state index is 12.4. The van der Waals surface area contributed by atoms with Crippen molar-refractivity contribution in [3.63, 3.8) is 0 Å². The molecule has 8 heteroatoms. The maximum atomic E-state index is 12.4. The van der Waals surface area contributed by atoms with E-state index in [1.54, 1.807) is 0 Å². The van der Waals surface area contributed by atoms with Crippen LogP contribution in [-0.2, 0) is 17.8 Å². The number of benzene rings is 1. The number of carbonyl (C=O) groups is 1. The van der Waals surface area contributed by atoms with E-state index < -0.39 is 0 Å². The molecular formula is C17H29Cl3N4O. The molecule has 0 aliphatic carbocycles. The first-order valence-corrected chi connectivity index (χ1v) is 8.10. The van der Waals surface area contributed by atoms with E-state index >= 15 is 0 Å². The molecule has 2 aliphatic heterocycles. The van der Waals surface area contributed by atoms with Crippen LogP contribution in [0.3, 0.4) is 0 Å². The molecule has 2 heterocycles. The molecular weight excluding hydrogens is 383 g/mol. The molecule has 2 aliphatic rings. The van der Waals surface area contributed by atoms with Gasteiger partial charge in [-0.1, -0.05) is 24.3 Å². The van der Waals surface area contributed by atoms with Gasteiger partial charge in [0, 0.05) is 38.8 Å². The highest BCUT2D eigenvalue weighted by atomic mass is 35.5. The minimum Gasteiger partial charge on any atom is -0.353 e. The smallest absolute Gasteiger partial charge is 0.237 e. The number of hydrogen-bond donors (Lipinski definition) is 2. The first-order chi connectivity index (χ1) is 10.6. The van der Waals surface area contributed by atoms with Gasteiger partial charge >= 0.3 is 0 Å². The number of hydrogen-bond acceptors (Lipinski definition) is 4. The Bertz CT molecular complexity index is 546. The van der Waals surface area contributed by atoms with Crippen LogP contribution in [-0.4, -0.2) is 68.1 Å². The third-order valence-corrected chi connectivity index (χ3v) is 4.89. The number of nitrogens with one attached hydrogen (secondary N) is 2. The van der Waals surface area contributed by atoms with Crippen LogP contribution < -0.4 is 10.6 Å². The van der Waals surface area contributed by atoms with Crippen LogP contribution in [0, 0.1) is 0 Å². The standard InChI is InChI=1S/C17H26N4O.3ClH/c1-20-7-8-21(2)15(12-20)11-19-17(22)16-9-13-5-3-4-6-14(13)10-18-16;;;/h3-6,15-16,18H,7-12H2,1-2H3,(H,19,22);3*1H. The molecule has 1 amide bonds. The second-order valence-electron chi connectivity index (χ2n) is 6.55. The second-order valence-corrected chi connectivity index (χ2v) is 6.55. The van der Waals surface area contributed by atoms with E-state index in [9.17, 15) is 4.79 Å². The molecule has 0 spiro atoms. The van der Waals surface area contributed by atoms with E-state index in [0.29, 0.717) is 6.04 Å². The molecule has 5 nitrogen and oxygen atoms in total. The monoisotopic (exact) mass is 410 g/mol. The van der Waals surface area contributed by atoms with Gasteiger partial charge in [0.15, 0.2) is 0 Å². The molecule has 1 aromatic rings. The van der Waals surface area contributed by atoms with Crippen LogP contribution in [0.15, 0.2) is 24.3 Å². The number of likely N-dealkylation sites (N-methyl/N-ethyl adjacent to an activating group) is 2. The predicted molar refractivity (Wildman–Crippen MR) is 109 cm³/mol. The van der Waals surface area contributed by atoms with Crippen LogP contribution in [0.4, 0.5) is 0 Å². The SMILES string of the molecule is CN1CCN(C)C(CNC(=O)C2Cc3ccccc3CN2)C1.Cl.Cl.Cl. The third kappa shape index (κ3) is 6.27. The lowest BCUT2D eigenvalue weighted by Crippen LogP contribution is -2.56. The van der Waals surface area contributed by atoms with Crippen molar-refractivity contribution in [1.29, 1.82) is 0 Å². The number of piperazine rings is 1. The normalized spacial score (nSPS) is 23.3. The highest BCUT2D eigenvalue weighted by molar-refractivity contribution is 5.86. The molecule has 0 saturated carbocycles. The molecule has 25 heavy (non-hydrogen) atoms. The number of rotatable bonds is 3. The number of halogens is 3. The largest absolute Gasteiger partial charge is 0.353 e. The second kappa shape index (κ2) is 11.2. The molecule has 2 atom stereocenters. The zero-order chi connectivity index (χ0) is 15.5. The number of carbonyl (C=O) groups excluding carboxylic acids is 1. The summed E-state index contributed by atoms with van der Waals surface area (Å²) in [6.07, 6.45) is 0.780. The topological polar surface area (TPSA) is 47.6 Å². The summed E-state index contributed by atoms with van der Waals surface area (Å²) in [5, 5.41) is 6.48. The zero-order valence-electron chi connectivity index (χ0n) is 14.7. The third-order valence-electron chi connectivity index (χ3n) is 4.89. The summed E-state index contributed by atoms with van der Waals surface area (Å²) in [7, 11) is 4.28. The Kier molecular flexibility index (Phi) is 11.0. The van der Waals surface area contributed by atoms with Crippen molar-refractivity contribution < 1.29 is 4.79 Å². The van der Waals surface area contributed by atoms with E-state index in [1.807, 2.05) is 6.07 Å². The Hall–Kier alpha value is -0.560.